The van der Waals surface area contributed by atoms with Gasteiger partial charge in [0, 0.05) is 18.0 Å². The minimum atomic E-state index is -4.19. The number of hydrogen-bond donors (Lipinski definition) is 1. The van der Waals surface area contributed by atoms with Gasteiger partial charge in [-0.2, -0.15) is 4.31 Å². The number of ether oxygens (including phenoxy) is 1. The van der Waals surface area contributed by atoms with Crippen molar-refractivity contribution in [1.29, 1.82) is 0 Å². The van der Waals surface area contributed by atoms with E-state index in [0.29, 0.717) is 0 Å². The van der Waals surface area contributed by atoms with Gasteiger partial charge in [-0.25, -0.2) is 12.8 Å². The zero-order valence-corrected chi connectivity index (χ0v) is 14.0. The summed E-state index contributed by atoms with van der Waals surface area (Å²) in [6, 6.07) is 4.77. The lowest BCUT2D eigenvalue weighted by Crippen LogP contribution is -2.38. The lowest BCUT2D eigenvalue weighted by molar-refractivity contribution is -0.137. The van der Waals surface area contributed by atoms with Gasteiger partial charge >= 0.3 is 5.97 Å². The normalized spacial score (nSPS) is 12.4. The van der Waals surface area contributed by atoms with E-state index in [1.54, 1.807) is 13.8 Å². The van der Waals surface area contributed by atoms with Gasteiger partial charge in [-0.1, -0.05) is 0 Å². The Morgan fingerprint density at radius 3 is 2.71 bits per heavy atom. The zero-order valence-electron chi connectivity index (χ0n) is 13.2. The summed E-state index contributed by atoms with van der Waals surface area (Å²) in [5.41, 5.74) is 0.198. The first kappa shape index (κ1) is 18.4. The van der Waals surface area contributed by atoms with Gasteiger partial charge in [0.1, 0.15) is 17.9 Å². The van der Waals surface area contributed by atoms with Crippen LogP contribution in [0.15, 0.2) is 33.8 Å². The topological polar surface area (TPSA) is 97.0 Å². The number of aliphatic carboxylic acids is 1. The molecule has 132 valence electrons. The van der Waals surface area contributed by atoms with E-state index >= 15 is 0 Å². The van der Waals surface area contributed by atoms with Gasteiger partial charge in [-0.3, -0.25) is 4.79 Å². The van der Waals surface area contributed by atoms with Crippen LogP contribution >= 0.6 is 0 Å². The van der Waals surface area contributed by atoms with Gasteiger partial charge in [-0.05, 0) is 32.0 Å². The number of halogens is 1. The molecule has 0 atom stereocenters. The van der Waals surface area contributed by atoms with Crippen molar-refractivity contribution in [2.75, 3.05) is 19.7 Å². The minimum Gasteiger partial charge on any atom is -0.480 e. The second-order valence-electron chi connectivity index (χ2n) is 5.40. The minimum absolute atomic E-state index is 0.0407. The number of sulfonamides is 1. The Hall–Kier alpha value is -1.97. The molecule has 0 radical (unpaired) electrons. The molecule has 1 aromatic heterocycles. The first-order valence-electron chi connectivity index (χ1n) is 7.23. The molecule has 1 aromatic carbocycles. The Kier molecular flexibility index (Phi) is 5.58. The predicted molar refractivity (Wildman–Crippen MR) is 83.7 cm³/mol. The number of hydrogen-bond acceptors (Lipinski definition) is 5. The van der Waals surface area contributed by atoms with Crippen LogP contribution in [0.5, 0.6) is 0 Å². The molecule has 0 unspecified atom stereocenters. The fourth-order valence-corrected chi connectivity index (χ4v) is 3.39. The maximum absolute atomic E-state index is 13.2. The molecule has 7 nitrogen and oxygen atoms in total. The SMILES string of the molecule is CC(C)OCCN(CC(=O)O)S(=O)(=O)c1cc2cc(F)ccc2o1. The zero-order chi connectivity index (χ0) is 17.9. The van der Waals surface area contributed by atoms with E-state index in [0.717, 1.165) is 16.4 Å². The molecule has 0 saturated heterocycles. The van der Waals surface area contributed by atoms with Crippen LogP contribution < -0.4 is 0 Å². The molecule has 0 aliphatic rings. The quantitative estimate of drug-likeness (QED) is 0.775. The lowest BCUT2D eigenvalue weighted by Gasteiger charge is -2.19. The number of benzene rings is 1. The lowest BCUT2D eigenvalue weighted by atomic mass is 10.2. The average molecular weight is 359 g/mol. The van der Waals surface area contributed by atoms with Crippen LogP contribution in [0.4, 0.5) is 4.39 Å². The summed E-state index contributed by atoms with van der Waals surface area (Å²) in [5, 5.41) is 8.80. The van der Waals surface area contributed by atoms with Crippen LogP contribution in [-0.4, -0.2) is 49.6 Å². The molecule has 0 aliphatic heterocycles. The van der Waals surface area contributed by atoms with Crippen molar-refractivity contribution in [3.63, 3.8) is 0 Å². The van der Waals surface area contributed by atoms with Crippen LogP contribution in [0, 0.1) is 5.82 Å². The molecular weight excluding hydrogens is 341 g/mol. The van der Waals surface area contributed by atoms with Crippen molar-refractivity contribution in [1.82, 2.24) is 4.31 Å². The summed E-state index contributed by atoms with van der Waals surface area (Å²) in [6.07, 6.45) is -0.117. The Morgan fingerprint density at radius 1 is 1.38 bits per heavy atom. The number of carboxylic acid groups (broad SMARTS) is 1. The van der Waals surface area contributed by atoms with Crippen molar-refractivity contribution in [3.05, 3.63) is 30.1 Å². The molecule has 24 heavy (non-hydrogen) atoms. The van der Waals surface area contributed by atoms with Crippen molar-refractivity contribution in [2.24, 2.45) is 0 Å². The average Bonchev–Trinajstić information content (AvgIpc) is 2.89. The van der Waals surface area contributed by atoms with E-state index in [1.165, 1.54) is 12.1 Å². The molecule has 0 fully saturated rings. The van der Waals surface area contributed by atoms with E-state index in [9.17, 15) is 17.6 Å². The maximum atomic E-state index is 13.2. The molecule has 9 heteroatoms. The van der Waals surface area contributed by atoms with Crippen LogP contribution in [0.3, 0.4) is 0 Å². The van der Waals surface area contributed by atoms with E-state index in [1.807, 2.05) is 0 Å². The fourth-order valence-electron chi connectivity index (χ4n) is 2.07. The van der Waals surface area contributed by atoms with Crippen LogP contribution in [0.25, 0.3) is 11.0 Å². The standard InChI is InChI=1S/C15H18FNO6S/c1-10(2)22-6-5-17(9-14(18)19)24(20,21)15-8-11-7-12(16)3-4-13(11)23-15/h3-4,7-8,10H,5-6,9H2,1-2H3,(H,18,19). The third-order valence-corrected chi connectivity index (χ3v) is 4.85. The monoisotopic (exact) mass is 359 g/mol. The molecule has 1 N–H and O–H groups in total. The van der Waals surface area contributed by atoms with Gasteiger partial charge in [0.15, 0.2) is 0 Å². The first-order chi connectivity index (χ1) is 11.2. The van der Waals surface area contributed by atoms with E-state index < -0.39 is 33.4 Å². The van der Waals surface area contributed by atoms with Gasteiger partial charge in [0.05, 0.1) is 12.7 Å². The Balaban J connectivity index is 2.31. The highest BCUT2D eigenvalue weighted by atomic mass is 32.2. The Bertz CT molecular complexity index is 830. The fraction of sp³-hybridized carbons (Fsp3) is 0.400. The predicted octanol–water partition coefficient (Wildman–Crippen LogP) is 2.07. The molecule has 0 bridgehead atoms. The third-order valence-electron chi connectivity index (χ3n) is 3.15. The van der Waals surface area contributed by atoms with Crippen LogP contribution in [0.1, 0.15) is 13.8 Å². The molecule has 0 saturated carbocycles. The summed E-state index contributed by atoms with van der Waals surface area (Å²) < 4.78 is 49.7. The van der Waals surface area contributed by atoms with Crippen molar-refractivity contribution in [3.8, 4) is 0 Å². The number of nitrogens with zero attached hydrogens (tertiary/aromatic N) is 1. The number of fused-ring (bicyclic) bond motifs is 1. The molecule has 0 amide bonds. The number of carbonyl (C=O) groups is 1. The van der Waals surface area contributed by atoms with Crippen molar-refractivity contribution < 1.29 is 31.9 Å². The summed E-state index contributed by atoms with van der Waals surface area (Å²) in [7, 11) is -4.19. The molecule has 1 heterocycles. The Morgan fingerprint density at radius 2 is 2.08 bits per heavy atom. The first-order valence-corrected chi connectivity index (χ1v) is 8.67. The summed E-state index contributed by atoms with van der Waals surface area (Å²) in [5.74, 6) is -1.83. The number of rotatable bonds is 8. The van der Waals surface area contributed by atoms with Gasteiger partial charge in [-0.15, -0.1) is 0 Å². The highest BCUT2D eigenvalue weighted by molar-refractivity contribution is 7.89. The highest BCUT2D eigenvalue weighted by Gasteiger charge is 2.30. The van der Waals surface area contributed by atoms with Gasteiger partial charge in [0.25, 0.3) is 10.0 Å². The number of furan rings is 1. The summed E-state index contributed by atoms with van der Waals surface area (Å²) >= 11 is 0. The van der Waals surface area contributed by atoms with Gasteiger partial charge in [0.2, 0.25) is 5.09 Å². The van der Waals surface area contributed by atoms with E-state index in [4.69, 9.17) is 14.3 Å². The summed E-state index contributed by atoms with van der Waals surface area (Å²) in [6.45, 7) is 2.74. The second-order valence-corrected chi connectivity index (χ2v) is 7.27. The molecule has 2 rings (SSSR count). The van der Waals surface area contributed by atoms with Crippen molar-refractivity contribution >= 4 is 27.0 Å². The largest absolute Gasteiger partial charge is 0.480 e. The maximum Gasteiger partial charge on any atom is 0.318 e. The van der Waals surface area contributed by atoms with E-state index in [2.05, 4.69) is 0 Å². The molecule has 2 aromatic rings. The summed E-state index contributed by atoms with van der Waals surface area (Å²) in [4.78, 5) is 11.0. The molecule has 0 aliphatic carbocycles. The number of carboxylic acids is 1. The van der Waals surface area contributed by atoms with E-state index in [-0.39, 0.29) is 30.2 Å². The smallest absolute Gasteiger partial charge is 0.318 e. The highest BCUT2D eigenvalue weighted by Crippen LogP contribution is 2.25. The third kappa shape index (κ3) is 4.31. The molecule has 0 spiro atoms. The van der Waals surface area contributed by atoms with Crippen LogP contribution in [0.2, 0.25) is 0 Å². The second kappa shape index (κ2) is 7.29. The van der Waals surface area contributed by atoms with Crippen LogP contribution in [-0.2, 0) is 19.6 Å². The van der Waals surface area contributed by atoms with Crippen molar-refractivity contribution in [2.45, 2.75) is 25.0 Å². The Labute approximate surface area is 138 Å². The molecular formula is C15H18FNO6S. The van der Waals surface area contributed by atoms with Gasteiger partial charge < -0.3 is 14.3 Å².